The number of carbonyl (C=O) groups excluding carboxylic acids is 2. The molecule has 0 radical (unpaired) electrons. The second-order valence-corrected chi connectivity index (χ2v) is 10.4. The lowest BCUT2D eigenvalue weighted by atomic mass is 9.96. The molecule has 0 heterocycles. The molecule has 1 amide bonds. The molecule has 0 aliphatic carbocycles. The lowest BCUT2D eigenvalue weighted by molar-refractivity contribution is -0.154. The van der Waals surface area contributed by atoms with Gasteiger partial charge in [-0.2, -0.15) is 0 Å². The van der Waals surface area contributed by atoms with Gasteiger partial charge in [0.1, 0.15) is 0 Å². The van der Waals surface area contributed by atoms with Crippen LogP contribution in [0, 0.1) is 25.2 Å². The van der Waals surface area contributed by atoms with Crippen molar-refractivity contribution in [3.8, 4) is 11.5 Å². The Morgan fingerprint density at radius 1 is 1.05 bits per heavy atom. The van der Waals surface area contributed by atoms with Gasteiger partial charge < -0.3 is 19.5 Å². The van der Waals surface area contributed by atoms with Gasteiger partial charge in [-0.25, -0.2) is 0 Å². The number of azide groups is 1. The first-order chi connectivity index (χ1) is 18.0. The highest BCUT2D eigenvalue weighted by Crippen LogP contribution is 2.28. The number of nitrogens with one attached hydrogen (secondary N) is 1. The lowest BCUT2D eigenvalue weighted by Crippen LogP contribution is -2.34. The van der Waals surface area contributed by atoms with Gasteiger partial charge in [0, 0.05) is 17.4 Å². The van der Waals surface area contributed by atoms with Crippen molar-refractivity contribution in [2.75, 3.05) is 33.4 Å². The number of esters is 1. The third kappa shape index (κ3) is 10.3. The average molecular weight is 525 g/mol. The number of amides is 1. The number of methoxy groups -OCH3 is 1. The highest BCUT2D eigenvalue weighted by atomic mass is 16.5. The van der Waals surface area contributed by atoms with Crippen LogP contribution in [-0.4, -0.2) is 45.3 Å². The topological polar surface area (TPSA) is 123 Å². The van der Waals surface area contributed by atoms with Crippen LogP contribution in [0.2, 0.25) is 0 Å². The number of rotatable bonds is 14. The van der Waals surface area contributed by atoms with E-state index in [4.69, 9.17) is 19.7 Å². The van der Waals surface area contributed by atoms with Crippen LogP contribution in [0.1, 0.15) is 49.4 Å². The Hall–Kier alpha value is -3.71. The highest BCUT2D eigenvalue weighted by Gasteiger charge is 2.24. The summed E-state index contributed by atoms with van der Waals surface area (Å²) in [6, 6.07) is 11.7. The van der Waals surface area contributed by atoms with Crippen molar-refractivity contribution in [3.63, 3.8) is 0 Å². The average Bonchev–Trinajstić information content (AvgIpc) is 2.87. The lowest BCUT2D eigenvalue weighted by Gasteiger charge is -2.22. The fourth-order valence-electron chi connectivity index (χ4n) is 3.67. The Morgan fingerprint density at radius 2 is 1.79 bits per heavy atom. The zero-order valence-electron chi connectivity index (χ0n) is 23.4. The summed E-state index contributed by atoms with van der Waals surface area (Å²) in [5, 5.41) is 6.44. The van der Waals surface area contributed by atoms with E-state index in [-0.39, 0.29) is 44.0 Å². The van der Waals surface area contributed by atoms with Crippen LogP contribution in [0.15, 0.2) is 41.5 Å². The molecule has 1 unspecified atom stereocenters. The summed E-state index contributed by atoms with van der Waals surface area (Å²) < 4.78 is 16.6. The van der Waals surface area contributed by atoms with E-state index in [1.165, 1.54) is 23.8 Å². The second kappa shape index (κ2) is 14.9. The number of carbonyl (C=O) groups is 2. The third-order valence-electron chi connectivity index (χ3n) is 6.17. The van der Waals surface area contributed by atoms with Crippen molar-refractivity contribution in [2.45, 2.75) is 53.9 Å². The molecule has 0 spiro atoms. The van der Waals surface area contributed by atoms with E-state index in [0.29, 0.717) is 18.0 Å². The minimum absolute atomic E-state index is 0.0201. The molecule has 1 N–H and O–H groups in total. The monoisotopic (exact) mass is 524 g/mol. The van der Waals surface area contributed by atoms with Crippen molar-refractivity contribution in [1.82, 2.24) is 5.32 Å². The van der Waals surface area contributed by atoms with Crippen LogP contribution in [0.25, 0.3) is 10.4 Å². The highest BCUT2D eigenvalue weighted by molar-refractivity contribution is 5.78. The summed E-state index contributed by atoms with van der Waals surface area (Å²) in [5.41, 5.74) is 12.3. The molecule has 2 rings (SSSR count). The molecular formula is C29H40N4O5. The Morgan fingerprint density at radius 3 is 2.45 bits per heavy atom. The van der Waals surface area contributed by atoms with Gasteiger partial charge in [-0.05, 0) is 87.4 Å². The minimum atomic E-state index is -0.584. The molecule has 2 aromatic carbocycles. The van der Waals surface area contributed by atoms with Gasteiger partial charge in [0.2, 0.25) is 5.91 Å². The molecular weight excluding hydrogens is 484 g/mol. The molecule has 0 saturated carbocycles. The fourth-order valence-corrected chi connectivity index (χ4v) is 3.67. The molecule has 0 aliphatic heterocycles. The Kier molecular flexibility index (Phi) is 12.0. The van der Waals surface area contributed by atoms with E-state index >= 15 is 0 Å². The van der Waals surface area contributed by atoms with Gasteiger partial charge in [0.15, 0.2) is 11.5 Å². The molecule has 0 aliphatic rings. The smallest absolute Gasteiger partial charge is 0.311 e. The molecule has 206 valence electrons. The molecule has 9 nitrogen and oxygen atoms in total. The zero-order chi connectivity index (χ0) is 28.1. The van der Waals surface area contributed by atoms with E-state index in [2.05, 4.69) is 47.4 Å². The van der Waals surface area contributed by atoms with Crippen LogP contribution in [0.3, 0.4) is 0 Å². The van der Waals surface area contributed by atoms with Crippen molar-refractivity contribution < 1.29 is 23.8 Å². The predicted octanol–water partition coefficient (Wildman–Crippen LogP) is 5.50. The van der Waals surface area contributed by atoms with E-state index in [9.17, 15) is 9.59 Å². The Balaban J connectivity index is 1.98. The zero-order valence-corrected chi connectivity index (χ0v) is 23.4. The molecule has 0 aromatic heterocycles. The van der Waals surface area contributed by atoms with Crippen molar-refractivity contribution in [2.24, 2.45) is 16.4 Å². The summed E-state index contributed by atoms with van der Waals surface area (Å²) in [6.45, 7) is 10.7. The molecule has 2 aromatic rings. The fraction of sp³-hybridized carbons (Fsp3) is 0.517. The number of aryl methyl sites for hydroxylation is 3. The number of hydrogen-bond donors (Lipinski definition) is 1. The first-order valence-electron chi connectivity index (χ1n) is 12.8. The minimum Gasteiger partial charge on any atom is -0.493 e. The largest absolute Gasteiger partial charge is 0.493 e. The summed E-state index contributed by atoms with van der Waals surface area (Å²) in [4.78, 5) is 27.8. The van der Waals surface area contributed by atoms with Crippen molar-refractivity contribution in [3.05, 3.63) is 69.1 Å². The maximum atomic E-state index is 12.8. The quantitative estimate of drug-likeness (QED) is 0.115. The number of nitrogens with zero attached hydrogens (tertiary/aromatic N) is 3. The van der Waals surface area contributed by atoms with Crippen molar-refractivity contribution in [1.29, 1.82) is 0 Å². The summed E-state index contributed by atoms with van der Waals surface area (Å²) in [6.07, 6.45) is 1.77. The predicted molar refractivity (Wildman–Crippen MR) is 147 cm³/mol. The molecule has 1 atom stereocenters. The van der Waals surface area contributed by atoms with Gasteiger partial charge in [-0.15, -0.1) is 0 Å². The number of hydrogen-bond acceptors (Lipinski definition) is 6. The molecule has 0 saturated heterocycles. The summed E-state index contributed by atoms with van der Waals surface area (Å²) in [7, 11) is 1.53. The van der Waals surface area contributed by atoms with E-state index in [1.807, 2.05) is 20.8 Å². The van der Waals surface area contributed by atoms with E-state index in [1.54, 1.807) is 18.2 Å². The standard InChI is InChI=1S/C29H40N4O5/c1-20-7-8-22(15-21(20)2)9-10-24(19-38-28(35)29(3,4)5)18-31-27(34)17-23-11-12-25(26(16-23)36-6)37-14-13-32-33-30/h7-8,11-12,15-16,24H,9-10,13-14,17-19H2,1-6H3,(H,31,34). The van der Waals surface area contributed by atoms with Crippen LogP contribution in [0.4, 0.5) is 0 Å². The molecule has 0 fully saturated rings. The number of ether oxygens (including phenoxy) is 3. The van der Waals surface area contributed by atoms with Gasteiger partial charge >= 0.3 is 5.97 Å². The Labute approximate surface area is 225 Å². The molecule has 9 heteroatoms. The normalized spacial score (nSPS) is 11.7. The maximum absolute atomic E-state index is 12.8. The Bertz CT molecular complexity index is 1140. The summed E-state index contributed by atoms with van der Waals surface area (Å²) >= 11 is 0. The van der Waals surface area contributed by atoms with Crippen LogP contribution < -0.4 is 14.8 Å². The van der Waals surface area contributed by atoms with Gasteiger partial charge in [0.25, 0.3) is 0 Å². The third-order valence-corrected chi connectivity index (χ3v) is 6.17. The first-order valence-corrected chi connectivity index (χ1v) is 12.8. The second-order valence-electron chi connectivity index (χ2n) is 10.4. The molecule has 0 bridgehead atoms. The number of benzene rings is 2. The van der Waals surface area contributed by atoms with Crippen LogP contribution in [-0.2, 0) is 27.2 Å². The molecule has 38 heavy (non-hydrogen) atoms. The van der Waals surface area contributed by atoms with Crippen LogP contribution >= 0.6 is 0 Å². The SMILES string of the molecule is COc1cc(CC(=O)NCC(CCc2ccc(C)c(C)c2)COC(=O)C(C)(C)C)ccc1OCCN=[N+]=[N-]. The van der Waals surface area contributed by atoms with Crippen molar-refractivity contribution >= 4 is 11.9 Å². The summed E-state index contributed by atoms with van der Waals surface area (Å²) in [5.74, 6) is 0.595. The van der Waals surface area contributed by atoms with Gasteiger partial charge in [-0.1, -0.05) is 29.4 Å². The van der Waals surface area contributed by atoms with Crippen LogP contribution in [0.5, 0.6) is 11.5 Å². The van der Waals surface area contributed by atoms with E-state index < -0.39 is 5.41 Å². The maximum Gasteiger partial charge on any atom is 0.311 e. The van der Waals surface area contributed by atoms with E-state index in [0.717, 1.165) is 18.4 Å². The van der Waals surface area contributed by atoms with Gasteiger partial charge in [-0.3, -0.25) is 9.59 Å². The first kappa shape index (κ1) is 30.5. The van der Waals surface area contributed by atoms with Gasteiger partial charge in [0.05, 0.1) is 38.7 Å².